The Kier molecular flexibility index (Phi) is 6.28. The summed E-state index contributed by atoms with van der Waals surface area (Å²) in [5, 5.41) is 40.8. The zero-order chi connectivity index (χ0) is 20.6. The van der Waals surface area contributed by atoms with Crippen molar-refractivity contribution < 1.29 is 39.5 Å². The Balaban J connectivity index is 1.73. The number of hydrogen-bond donors (Lipinski definition) is 4. The molecule has 2 fully saturated rings. The molecule has 2 saturated heterocycles. The smallest absolute Gasteiger partial charge is 0.257 e. The molecule has 2 aliphatic heterocycles. The molecule has 6 atom stereocenters. The minimum absolute atomic E-state index is 0.0937. The fourth-order valence-corrected chi connectivity index (χ4v) is 3.30. The van der Waals surface area contributed by atoms with Crippen LogP contribution in [-0.4, -0.2) is 75.0 Å². The molecule has 1 amide bonds. The number of carbonyl (C=O) groups is 1. The summed E-state index contributed by atoms with van der Waals surface area (Å²) in [5.74, 6) is -0.359. The molecule has 0 aromatic heterocycles. The topological polar surface area (TPSA) is 129 Å². The second-order valence-corrected chi connectivity index (χ2v) is 7.83. The van der Waals surface area contributed by atoms with Gasteiger partial charge in [0.2, 0.25) is 6.29 Å². The van der Waals surface area contributed by atoms with Gasteiger partial charge in [0.25, 0.3) is 5.91 Å². The van der Waals surface area contributed by atoms with Crippen LogP contribution in [0, 0.1) is 5.41 Å². The quantitative estimate of drug-likeness (QED) is 0.517. The van der Waals surface area contributed by atoms with Gasteiger partial charge in [0.1, 0.15) is 24.4 Å². The van der Waals surface area contributed by atoms with E-state index in [9.17, 15) is 25.2 Å². The molecular formula is C18H24ClNO8. The lowest BCUT2D eigenvalue weighted by atomic mass is 9.92. The van der Waals surface area contributed by atoms with Crippen molar-refractivity contribution in [3.05, 3.63) is 34.9 Å². The van der Waals surface area contributed by atoms with Crippen LogP contribution in [0.2, 0.25) is 5.02 Å². The van der Waals surface area contributed by atoms with E-state index in [1.54, 1.807) is 38.1 Å². The number of rotatable bonds is 5. The second kappa shape index (κ2) is 8.21. The zero-order valence-electron chi connectivity index (χ0n) is 15.4. The Labute approximate surface area is 166 Å². The highest BCUT2D eigenvalue weighted by Gasteiger charge is 2.53. The van der Waals surface area contributed by atoms with Crippen molar-refractivity contribution in [1.82, 2.24) is 5.06 Å². The van der Waals surface area contributed by atoms with Crippen LogP contribution in [0.4, 0.5) is 0 Å². The minimum atomic E-state index is -1.59. The monoisotopic (exact) mass is 417 g/mol. The maximum Gasteiger partial charge on any atom is 0.257 e. The highest BCUT2D eigenvalue weighted by atomic mass is 35.5. The largest absolute Gasteiger partial charge is 0.394 e. The predicted octanol–water partition coefficient (Wildman–Crippen LogP) is -0.217. The van der Waals surface area contributed by atoms with Crippen LogP contribution in [-0.2, 0) is 25.7 Å². The first-order valence-electron chi connectivity index (χ1n) is 8.85. The number of amides is 1. The van der Waals surface area contributed by atoms with Crippen molar-refractivity contribution in [1.29, 1.82) is 0 Å². The minimum Gasteiger partial charge on any atom is -0.394 e. The van der Waals surface area contributed by atoms with Gasteiger partial charge in [0.05, 0.1) is 18.6 Å². The van der Waals surface area contributed by atoms with Crippen LogP contribution < -0.4 is 0 Å². The summed E-state index contributed by atoms with van der Waals surface area (Å²) in [5.41, 5.74) is -0.443. The summed E-state index contributed by atoms with van der Waals surface area (Å²) >= 11 is 6.14. The van der Waals surface area contributed by atoms with Crippen molar-refractivity contribution in [2.24, 2.45) is 5.41 Å². The number of nitrogens with zero attached hydrogens (tertiary/aromatic N) is 1. The van der Waals surface area contributed by atoms with Gasteiger partial charge in [-0.1, -0.05) is 29.8 Å². The Morgan fingerprint density at radius 3 is 2.50 bits per heavy atom. The van der Waals surface area contributed by atoms with Crippen LogP contribution in [0.25, 0.3) is 0 Å². The molecule has 156 valence electrons. The molecule has 1 aromatic carbocycles. The third-order valence-corrected chi connectivity index (χ3v) is 5.34. The van der Waals surface area contributed by atoms with Crippen molar-refractivity contribution >= 4 is 17.5 Å². The molecule has 0 saturated carbocycles. The SMILES string of the molecule is CC1(C)C(=O)N(Cc2ccccc2Cl)OC1O[C@@H]1O[C@H](CO)[C@@H](O)[C@H](O)[C@H]1O. The molecular weight excluding hydrogens is 394 g/mol. The van der Waals surface area contributed by atoms with Gasteiger partial charge in [-0.15, -0.1) is 0 Å². The fraction of sp³-hybridized carbons (Fsp3) is 0.611. The molecule has 1 aromatic rings. The third kappa shape index (κ3) is 3.89. The van der Waals surface area contributed by atoms with Gasteiger partial charge in [-0.05, 0) is 25.5 Å². The number of aliphatic hydroxyl groups excluding tert-OH is 4. The first-order chi connectivity index (χ1) is 13.2. The predicted molar refractivity (Wildman–Crippen MR) is 95.5 cm³/mol. The van der Waals surface area contributed by atoms with Gasteiger partial charge >= 0.3 is 0 Å². The lowest BCUT2D eigenvalue weighted by Gasteiger charge is -2.41. The Morgan fingerprint density at radius 2 is 1.86 bits per heavy atom. The lowest BCUT2D eigenvalue weighted by Crippen LogP contribution is -2.60. The van der Waals surface area contributed by atoms with Crippen molar-refractivity contribution in [3.63, 3.8) is 0 Å². The van der Waals surface area contributed by atoms with E-state index < -0.39 is 49.0 Å². The van der Waals surface area contributed by atoms with Crippen molar-refractivity contribution in [2.75, 3.05) is 6.61 Å². The van der Waals surface area contributed by atoms with E-state index in [0.29, 0.717) is 10.6 Å². The molecule has 2 aliphatic rings. The number of benzene rings is 1. The van der Waals surface area contributed by atoms with Crippen LogP contribution in [0.3, 0.4) is 0 Å². The van der Waals surface area contributed by atoms with Crippen molar-refractivity contribution in [2.45, 2.75) is 57.4 Å². The van der Waals surface area contributed by atoms with E-state index in [1.165, 1.54) is 0 Å². The van der Waals surface area contributed by atoms with Gasteiger partial charge < -0.3 is 29.9 Å². The fourth-order valence-electron chi connectivity index (χ4n) is 3.10. The second-order valence-electron chi connectivity index (χ2n) is 7.43. The first kappa shape index (κ1) is 21.4. The molecule has 0 radical (unpaired) electrons. The summed E-state index contributed by atoms with van der Waals surface area (Å²) < 4.78 is 11.0. The van der Waals surface area contributed by atoms with Gasteiger partial charge in [-0.2, -0.15) is 0 Å². The molecule has 0 spiro atoms. The Hall–Kier alpha value is -1.30. The standard InChI is InChI=1S/C18H24ClNO8/c1-18(2)16(25)20(7-9-5-3-4-6-10(9)19)28-17(18)27-15-14(24)13(23)12(22)11(8-21)26-15/h3-6,11-15,17,21-24H,7-8H2,1-2H3/t11-,12-,13+,14-,15+,17?/m1/s1. The maximum absolute atomic E-state index is 12.8. The van der Waals surface area contributed by atoms with Gasteiger partial charge in [-0.25, -0.2) is 9.90 Å². The van der Waals surface area contributed by atoms with Crippen LogP contribution in [0.5, 0.6) is 0 Å². The van der Waals surface area contributed by atoms with Gasteiger partial charge in [0.15, 0.2) is 6.29 Å². The van der Waals surface area contributed by atoms with Gasteiger partial charge in [-0.3, -0.25) is 4.79 Å². The van der Waals surface area contributed by atoms with E-state index >= 15 is 0 Å². The molecule has 28 heavy (non-hydrogen) atoms. The summed E-state index contributed by atoms with van der Waals surface area (Å²) in [4.78, 5) is 18.4. The van der Waals surface area contributed by atoms with Crippen molar-refractivity contribution in [3.8, 4) is 0 Å². The number of ether oxygens (including phenoxy) is 2. The maximum atomic E-state index is 12.8. The number of hydroxylamine groups is 2. The normalized spacial score (nSPS) is 35.4. The van der Waals surface area contributed by atoms with E-state index in [0.717, 1.165) is 5.06 Å². The van der Waals surface area contributed by atoms with E-state index in [-0.39, 0.29) is 12.5 Å². The molecule has 0 bridgehead atoms. The molecule has 9 nitrogen and oxygen atoms in total. The third-order valence-electron chi connectivity index (χ3n) is 4.97. The van der Waals surface area contributed by atoms with E-state index in [4.69, 9.17) is 25.9 Å². The highest BCUT2D eigenvalue weighted by Crippen LogP contribution is 2.38. The molecule has 0 aliphatic carbocycles. The number of hydrogen-bond acceptors (Lipinski definition) is 8. The zero-order valence-corrected chi connectivity index (χ0v) is 16.2. The highest BCUT2D eigenvalue weighted by molar-refractivity contribution is 6.31. The molecule has 2 heterocycles. The summed E-state index contributed by atoms with van der Waals surface area (Å²) in [6, 6.07) is 7.02. The van der Waals surface area contributed by atoms with E-state index in [1.807, 2.05) is 0 Å². The first-order valence-corrected chi connectivity index (χ1v) is 9.22. The average molecular weight is 418 g/mol. The lowest BCUT2D eigenvalue weighted by molar-refractivity contribution is -0.359. The molecule has 10 heteroatoms. The summed E-state index contributed by atoms with van der Waals surface area (Å²) in [6.45, 7) is 2.72. The average Bonchev–Trinajstić information content (AvgIpc) is 2.87. The van der Waals surface area contributed by atoms with Gasteiger partial charge in [0, 0.05) is 5.02 Å². The van der Waals surface area contributed by atoms with Crippen LogP contribution in [0.15, 0.2) is 24.3 Å². The van der Waals surface area contributed by atoms with Crippen LogP contribution in [0.1, 0.15) is 19.4 Å². The molecule has 3 rings (SSSR count). The number of carbonyl (C=O) groups excluding carboxylic acids is 1. The summed E-state index contributed by atoms with van der Waals surface area (Å²) in [7, 11) is 0. The molecule has 4 N–H and O–H groups in total. The molecule has 1 unspecified atom stereocenters. The Morgan fingerprint density at radius 1 is 1.18 bits per heavy atom. The number of aliphatic hydroxyl groups is 4. The number of halogens is 1. The Bertz CT molecular complexity index is 715. The van der Waals surface area contributed by atoms with Crippen LogP contribution >= 0.6 is 11.6 Å². The summed E-state index contributed by atoms with van der Waals surface area (Å²) in [6.07, 6.45) is -8.35. The van der Waals surface area contributed by atoms with E-state index in [2.05, 4.69) is 0 Å².